The monoisotopic (exact) mass is 318 g/mol. The number of fused-ring (bicyclic) bond motifs is 1. The molecule has 7 heteroatoms. The van der Waals surface area contributed by atoms with Crippen molar-refractivity contribution in [3.8, 4) is 28.7 Å². The molecule has 7 nitrogen and oxygen atoms in total. The lowest BCUT2D eigenvalue weighted by atomic mass is 9.92. The molecule has 1 aliphatic heterocycles. The number of Topliss-reactive ketones (excluding diaryl/α,β-unsaturated/α-hetero) is 1. The molecule has 0 radical (unpaired) electrons. The van der Waals surface area contributed by atoms with Crippen molar-refractivity contribution in [2.75, 3.05) is 7.11 Å². The summed E-state index contributed by atoms with van der Waals surface area (Å²) >= 11 is 0. The maximum absolute atomic E-state index is 12.3. The lowest BCUT2D eigenvalue weighted by molar-refractivity contribution is 0.0210. The number of phenols is 3. The zero-order chi connectivity index (χ0) is 16.7. The van der Waals surface area contributed by atoms with Crippen molar-refractivity contribution in [1.29, 1.82) is 0 Å². The van der Waals surface area contributed by atoms with Gasteiger partial charge in [-0.3, -0.25) is 4.79 Å². The molecule has 0 fully saturated rings. The molecule has 2 unspecified atom stereocenters. The van der Waals surface area contributed by atoms with Gasteiger partial charge in [0.15, 0.2) is 23.7 Å². The predicted octanol–water partition coefficient (Wildman–Crippen LogP) is 1.49. The number of hydrogen-bond acceptors (Lipinski definition) is 7. The Labute approximate surface area is 131 Å². The van der Waals surface area contributed by atoms with Crippen LogP contribution in [-0.2, 0) is 0 Å². The lowest BCUT2D eigenvalue weighted by Crippen LogP contribution is -2.36. The average Bonchev–Trinajstić information content (AvgIpc) is 2.50. The second-order valence-corrected chi connectivity index (χ2v) is 5.12. The highest BCUT2D eigenvalue weighted by Crippen LogP contribution is 2.42. The third-order valence-corrected chi connectivity index (χ3v) is 3.65. The number of ether oxygens (including phenoxy) is 2. The fourth-order valence-corrected chi connectivity index (χ4v) is 2.55. The van der Waals surface area contributed by atoms with Crippen LogP contribution in [0.25, 0.3) is 0 Å². The van der Waals surface area contributed by atoms with Crippen LogP contribution in [0.4, 0.5) is 0 Å². The summed E-state index contributed by atoms with van der Waals surface area (Å²) in [5.41, 5.74) is 0.155. The molecule has 1 aliphatic rings. The van der Waals surface area contributed by atoms with Crippen LogP contribution in [0.15, 0.2) is 30.3 Å². The van der Waals surface area contributed by atoms with E-state index in [2.05, 4.69) is 0 Å². The minimum atomic E-state index is -1.56. The minimum absolute atomic E-state index is 0.0434. The van der Waals surface area contributed by atoms with Gasteiger partial charge in [0.2, 0.25) is 5.78 Å². The summed E-state index contributed by atoms with van der Waals surface area (Å²) in [5.74, 6) is -1.46. The Morgan fingerprint density at radius 3 is 2.48 bits per heavy atom. The van der Waals surface area contributed by atoms with E-state index < -0.39 is 23.7 Å². The molecule has 120 valence electrons. The fraction of sp³-hybridized carbons (Fsp3) is 0.188. The van der Waals surface area contributed by atoms with Crippen LogP contribution in [0, 0.1) is 0 Å². The van der Waals surface area contributed by atoms with Crippen molar-refractivity contribution in [2.45, 2.75) is 12.2 Å². The summed E-state index contributed by atoms with van der Waals surface area (Å²) < 4.78 is 10.5. The molecule has 23 heavy (non-hydrogen) atoms. The number of aliphatic hydroxyl groups is 1. The zero-order valence-corrected chi connectivity index (χ0v) is 12.1. The van der Waals surface area contributed by atoms with Gasteiger partial charge in [-0.2, -0.15) is 0 Å². The summed E-state index contributed by atoms with van der Waals surface area (Å²) in [5, 5.41) is 39.3. The van der Waals surface area contributed by atoms with Crippen LogP contribution < -0.4 is 9.47 Å². The van der Waals surface area contributed by atoms with Gasteiger partial charge < -0.3 is 29.9 Å². The number of aliphatic hydroxyl groups excluding tert-OH is 1. The van der Waals surface area contributed by atoms with Gasteiger partial charge in [-0.25, -0.2) is 0 Å². The van der Waals surface area contributed by atoms with Crippen molar-refractivity contribution in [1.82, 2.24) is 0 Å². The Morgan fingerprint density at radius 1 is 1.09 bits per heavy atom. The summed E-state index contributed by atoms with van der Waals surface area (Å²) in [6.07, 6.45) is -2.65. The van der Waals surface area contributed by atoms with Crippen molar-refractivity contribution in [2.24, 2.45) is 0 Å². The number of phenolic OH excluding ortho intramolecular Hbond substituents is 3. The number of aromatic hydroxyl groups is 3. The second kappa shape index (κ2) is 5.36. The van der Waals surface area contributed by atoms with Gasteiger partial charge in [-0.15, -0.1) is 0 Å². The average molecular weight is 318 g/mol. The number of carbonyl (C=O) groups is 1. The third kappa shape index (κ3) is 2.40. The molecule has 2 aromatic rings. The van der Waals surface area contributed by atoms with Crippen molar-refractivity contribution < 1.29 is 34.7 Å². The number of benzene rings is 2. The van der Waals surface area contributed by atoms with Gasteiger partial charge >= 0.3 is 0 Å². The molecular formula is C16H14O7. The largest absolute Gasteiger partial charge is 0.508 e. The first-order valence-electron chi connectivity index (χ1n) is 6.74. The molecule has 0 aliphatic carbocycles. The molecule has 3 rings (SSSR count). The van der Waals surface area contributed by atoms with E-state index in [1.807, 2.05) is 0 Å². The molecule has 4 N–H and O–H groups in total. The van der Waals surface area contributed by atoms with Gasteiger partial charge in [-0.05, 0) is 17.7 Å². The van der Waals surface area contributed by atoms with Crippen molar-refractivity contribution >= 4 is 5.78 Å². The topological polar surface area (TPSA) is 116 Å². The van der Waals surface area contributed by atoms with E-state index in [0.29, 0.717) is 5.56 Å². The molecule has 0 saturated heterocycles. The van der Waals surface area contributed by atoms with Crippen LogP contribution in [0.5, 0.6) is 28.7 Å². The first-order valence-corrected chi connectivity index (χ1v) is 6.74. The van der Waals surface area contributed by atoms with E-state index in [1.165, 1.54) is 31.4 Å². The molecule has 0 aromatic heterocycles. The van der Waals surface area contributed by atoms with Crippen LogP contribution in [0.2, 0.25) is 0 Å². The predicted molar refractivity (Wildman–Crippen MR) is 78.1 cm³/mol. The Kier molecular flexibility index (Phi) is 3.49. The number of hydrogen-bond donors (Lipinski definition) is 4. The maximum atomic E-state index is 12.3. The highest BCUT2D eigenvalue weighted by Gasteiger charge is 2.39. The van der Waals surface area contributed by atoms with Gasteiger partial charge in [0.05, 0.1) is 7.11 Å². The Hall–Kier alpha value is -2.93. The highest BCUT2D eigenvalue weighted by molar-refractivity contribution is 6.05. The summed E-state index contributed by atoms with van der Waals surface area (Å²) in [7, 11) is 1.39. The van der Waals surface area contributed by atoms with Crippen molar-refractivity contribution in [3.05, 3.63) is 41.5 Å². The molecule has 2 atom stereocenters. The van der Waals surface area contributed by atoms with Crippen LogP contribution in [-0.4, -0.2) is 39.4 Å². The van der Waals surface area contributed by atoms with Crippen LogP contribution in [0.3, 0.4) is 0 Å². The molecular weight excluding hydrogens is 304 g/mol. The number of carbonyl (C=O) groups excluding carboxylic acids is 1. The number of methoxy groups -OCH3 is 1. The first kappa shape index (κ1) is 15.0. The smallest absolute Gasteiger partial charge is 0.202 e. The van der Waals surface area contributed by atoms with Gasteiger partial charge in [-0.1, -0.05) is 6.07 Å². The van der Waals surface area contributed by atoms with E-state index in [9.17, 15) is 25.2 Å². The molecule has 0 amide bonds. The van der Waals surface area contributed by atoms with Crippen LogP contribution in [0.1, 0.15) is 22.0 Å². The van der Waals surface area contributed by atoms with Crippen LogP contribution >= 0.6 is 0 Å². The van der Waals surface area contributed by atoms with E-state index in [-0.39, 0.29) is 28.6 Å². The minimum Gasteiger partial charge on any atom is -0.508 e. The van der Waals surface area contributed by atoms with E-state index in [1.54, 1.807) is 0 Å². The standard InChI is InChI=1S/C16H14O7/c1-22-11-3-2-7(4-9(11)18)16-15(21)14(20)13-10(19)5-8(17)6-12(13)23-16/h2-6,15-19,21H,1H3. The van der Waals surface area contributed by atoms with E-state index in [4.69, 9.17) is 9.47 Å². The fourth-order valence-electron chi connectivity index (χ4n) is 2.55. The SMILES string of the molecule is COc1ccc(C2Oc3cc(O)cc(O)c3C(=O)C2O)cc1O. The third-order valence-electron chi connectivity index (χ3n) is 3.65. The summed E-state index contributed by atoms with van der Waals surface area (Å²) in [4.78, 5) is 12.3. The molecule has 0 saturated carbocycles. The first-order chi connectivity index (χ1) is 10.9. The lowest BCUT2D eigenvalue weighted by Gasteiger charge is -2.30. The van der Waals surface area contributed by atoms with Gasteiger partial charge in [0.25, 0.3) is 0 Å². The van der Waals surface area contributed by atoms with Gasteiger partial charge in [0, 0.05) is 12.1 Å². The normalized spacial score (nSPS) is 19.8. The summed E-state index contributed by atoms with van der Waals surface area (Å²) in [6.45, 7) is 0. The Balaban J connectivity index is 2.05. The molecule has 2 aromatic carbocycles. The molecule has 0 bridgehead atoms. The summed E-state index contributed by atoms with van der Waals surface area (Å²) in [6, 6.07) is 6.49. The quantitative estimate of drug-likeness (QED) is 0.663. The van der Waals surface area contributed by atoms with E-state index in [0.717, 1.165) is 6.07 Å². The van der Waals surface area contributed by atoms with Gasteiger partial charge in [0.1, 0.15) is 22.8 Å². The number of ketones is 1. The highest BCUT2D eigenvalue weighted by atomic mass is 16.5. The Bertz CT molecular complexity index is 784. The molecule has 0 spiro atoms. The maximum Gasteiger partial charge on any atom is 0.202 e. The zero-order valence-electron chi connectivity index (χ0n) is 12.1. The Morgan fingerprint density at radius 2 is 1.83 bits per heavy atom. The molecule has 1 heterocycles. The second-order valence-electron chi connectivity index (χ2n) is 5.12. The van der Waals surface area contributed by atoms with E-state index >= 15 is 0 Å². The van der Waals surface area contributed by atoms with Crippen molar-refractivity contribution in [3.63, 3.8) is 0 Å². The number of rotatable bonds is 2.